The van der Waals surface area contributed by atoms with Gasteiger partial charge >= 0.3 is 6.18 Å². The first-order valence-electron chi connectivity index (χ1n) is 10.1. The van der Waals surface area contributed by atoms with Crippen LogP contribution in [0.1, 0.15) is 60.3 Å². The van der Waals surface area contributed by atoms with Gasteiger partial charge in [-0.05, 0) is 32.4 Å². The molecule has 0 bridgehead atoms. The maximum atomic E-state index is 13.6. The Labute approximate surface area is 180 Å². The maximum absolute atomic E-state index is 13.6. The molecule has 1 aliphatic rings. The topological polar surface area (TPSA) is 94.5 Å². The molecule has 1 N–H and O–H groups in total. The number of para-hydroxylation sites is 2. The smallest absolute Gasteiger partial charge is 0.385 e. The highest BCUT2D eigenvalue weighted by Crippen LogP contribution is 2.54. The standard InChI is InChI=1S/C21H20F3N7O/c1-10(32)18-25-11(2)29-31(18)17-9-15(27-20(28-17)21(22,23)24)12-8-13(12)19-26-14-6-4-5-7-16(14)30(19)3/h4-7,9-10,12-13,32H,8H2,1-3H3/t10-,12+,13?/m0/s1. The number of aromatic nitrogens is 7. The van der Waals surface area contributed by atoms with Crippen LogP contribution in [0.25, 0.3) is 16.9 Å². The fourth-order valence-corrected chi connectivity index (χ4v) is 4.05. The molecule has 8 nitrogen and oxygen atoms in total. The highest BCUT2D eigenvalue weighted by molar-refractivity contribution is 5.76. The van der Waals surface area contributed by atoms with E-state index in [0.717, 1.165) is 21.5 Å². The van der Waals surface area contributed by atoms with Crippen LogP contribution < -0.4 is 0 Å². The SMILES string of the molecule is Cc1nc([C@H](C)O)n(-c2cc([C@@H]3CC3c3nc4ccccc4n3C)nc(C(F)(F)F)n2)n1. The lowest BCUT2D eigenvalue weighted by atomic mass is 10.2. The number of rotatable bonds is 4. The predicted molar refractivity (Wildman–Crippen MR) is 108 cm³/mol. The van der Waals surface area contributed by atoms with Crippen LogP contribution in [0.15, 0.2) is 30.3 Å². The maximum Gasteiger partial charge on any atom is 0.451 e. The monoisotopic (exact) mass is 443 g/mol. The zero-order valence-corrected chi connectivity index (χ0v) is 17.5. The minimum atomic E-state index is -4.73. The number of imidazole rings is 1. The van der Waals surface area contributed by atoms with Crippen molar-refractivity contribution in [1.82, 2.24) is 34.3 Å². The average Bonchev–Trinajstić information content (AvgIpc) is 3.33. The number of aliphatic hydroxyl groups excluding tert-OH is 1. The molecule has 0 aliphatic heterocycles. The molecule has 0 radical (unpaired) electrons. The average molecular weight is 443 g/mol. The van der Waals surface area contributed by atoms with E-state index in [1.165, 1.54) is 13.0 Å². The molecule has 3 atom stereocenters. The number of nitrogens with zero attached hydrogens (tertiary/aromatic N) is 7. The fourth-order valence-electron chi connectivity index (χ4n) is 4.05. The number of fused-ring (bicyclic) bond motifs is 1. The minimum Gasteiger partial charge on any atom is -0.385 e. The van der Waals surface area contributed by atoms with Gasteiger partial charge in [0, 0.05) is 24.9 Å². The van der Waals surface area contributed by atoms with Crippen LogP contribution in [0, 0.1) is 6.92 Å². The van der Waals surface area contributed by atoms with Gasteiger partial charge in [-0.1, -0.05) is 12.1 Å². The van der Waals surface area contributed by atoms with Gasteiger partial charge in [-0.3, -0.25) is 0 Å². The van der Waals surface area contributed by atoms with Crippen LogP contribution >= 0.6 is 0 Å². The Morgan fingerprint density at radius 1 is 1.09 bits per heavy atom. The van der Waals surface area contributed by atoms with Gasteiger partial charge in [-0.2, -0.15) is 17.9 Å². The second-order valence-electron chi connectivity index (χ2n) is 8.04. The van der Waals surface area contributed by atoms with Crippen LogP contribution in [-0.2, 0) is 13.2 Å². The van der Waals surface area contributed by atoms with E-state index in [2.05, 4.69) is 25.0 Å². The normalized spacial score (nSPS) is 19.5. The van der Waals surface area contributed by atoms with Crippen molar-refractivity contribution in [2.45, 2.75) is 44.4 Å². The summed E-state index contributed by atoms with van der Waals surface area (Å²) in [6.45, 7) is 3.06. The van der Waals surface area contributed by atoms with Crippen molar-refractivity contribution < 1.29 is 18.3 Å². The Hall–Kier alpha value is -3.34. The van der Waals surface area contributed by atoms with Crippen LogP contribution in [0.3, 0.4) is 0 Å². The molecule has 1 fully saturated rings. The number of halogens is 3. The van der Waals surface area contributed by atoms with Crippen LogP contribution in [-0.4, -0.2) is 39.4 Å². The third kappa shape index (κ3) is 3.42. The van der Waals surface area contributed by atoms with Crippen LogP contribution in [0.4, 0.5) is 13.2 Å². The van der Waals surface area contributed by atoms with Gasteiger partial charge in [0.15, 0.2) is 11.6 Å². The van der Waals surface area contributed by atoms with Gasteiger partial charge in [0.1, 0.15) is 17.8 Å². The fraction of sp³-hybridized carbons (Fsp3) is 0.381. The third-order valence-electron chi connectivity index (χ3n) is 5.64. The summed E-state index contributed by atoms with van der Waals surface area (Å²) in [4.78, 5) is 16.3. The summed E-state index contributed by atoms with van der Waals surface area (Å²) in [6.07, 6.45) is -5.13. The highest BCUT2D eigenvalue weighted by Gasteiger charge is 2.45. The molecule has 166 valence electrons. The number of alkyl halides is 3. The number of aryl methyl sites for hydroxylation is 2. The summed E-state index contributed by atoms with van der Waals surface area (Å²) in [5.74, 6) is -0.356. The number of benzene rings is 1. The molecule has 1 aromatic carbocycles. The van der Waals surface area contributed by atoms with Gasteiger partial charge < -0.3 is 9.67 Å². The van der Waals surface area contributed by atoms with E-state index < -0.39 is 18.1 Å². The summed E-state index contributed by atoms with van der Waals surface area (Å²) >= 11 is 0. The first kappa shape index (κ1) is 20.6. The van der Waals surface area contributed by atoms with Crippen molar-refractivity contribution in [2.75, 3.05) is 0 Å². The van der Waals surface area contributed by atoms with Gasteiger partial charge in [0.2, 0.25) is 5.82 Å². The summed E-state index contributed by atoms with van der Waals surface area (Å²) in [6, 6.07) is 9.17. The van der Waals surface area contributed by atoms with E-state index in [0.29, 0.717) is 12.2 Å². The first-order chi connectivity index (χ1) is 15.1. The number of hydrogen-bond donors (Lipinski definition) is 1. The minimum absolute atomic E-state index is 0.0510. The summed E-state index contributed by atoms with van der Waals surface area (Å²) < 4.78 is 43.9. The number of hydrogen-bond acceptors (Lipinski definition) is 6. The van der Waals surface area contributed by atoms with Crippen molar-refractivity contribution >= 4 is 11.0 Å². The lowest BCUT2D eigenvalue weighted by molar-refractivity contribution is -0.145. The molecular formula is C21H20F3N7O. The molecular weight excluding hydrogens is 423 g/mol. The molecule has 0 amide bonds. The van der Waals surface area contributed by atoms with E-state index in [1.54, 1.807) is 6.92 Å². The van der Waals surface area contributed by atoms with E-state index in [4.69, 9.17) is 0 Å². The lowest BCUT2D eigenvalue weighted by Crippen LogP contribution is -2.17. The lowest BCUT2D eigenvalue weighted by Gasteiger charge is -2.12. The molecule has 11 heteroatoms. The van der Waals surface area contributed by atoms with Crippen molar-refractivity contribution in [3.8, 4) is 5.82 Å². The van der Waals surface area contributed by atoms with Gasteiger partial charge in [-0.15, -0.1) is 5.10 Å². The van der Waals surface area contributed by atoms with Crippen LogP contribution in [0.5, 0.6) is 0 Å². The molecule has 3 heterocycles. The number of aliphatic hydroxyl groups is 1. The van der Waals surface area contributed by atoms with E-state index >= 15 is 0 Å². The molecule has 1 aliphatic carbocycles. The van der Waals surface area contributed by atoms with Gasteiger partial charge in [0.25, 0.3) is 0 Å². The largest absolute Gasteiger partial charge is 0.451 e. The second-order valence-corrected chi connectivity index (χ2v) is 8.04. The Morgan fingerprint density at radius 3 is 2.53 bits per heavy atom. The first-order valence-corrected chi connectivity index (χ1v) is 10.1. The molecule has 4 aromatic rings. The van der Waals surface area contributed by atoms with Gasteiger partial charge in [-0.25, -0.2) is 19.9 Å². The van der Waals surface area contributed by atoms with Gasteiger partial charge in [0.05, 0.1) is 16.7 Å². The van der Waals surface area contributed by atoms with Crippen LogP contribution in [0.2, 0.25) is 0 Å². The van der Waals surface area contributed by atoms with Crippen molar-refractivity contribution in [1.29, 1.82) is 0 Å². The summed E-state index contributed by atoms with van der Waals surface area (Å²) in [7, 11) is 1.90. The summed E-state index contributed by atoms with van der Waals surface area (Å²) in [5.41, 5.74) is 2.07. The zero-order valence-electron chi connectivity index (χ0n) is 17.5. The highest BCUT2D eigenvalue weighted by atomic mass is 19.4. The Kier molecular flexibility index (Phi) is 4.55. The molecule has 1 unspecified atom stereocenters. The third-order valence-corrected chi connectivity index (χ3v) is 5.64. The molecule has 0 spiro atoms. The Morgan fingerprint density at radius 2 is 1.84 bits per heavy atom. The molecule has 32 heavy (non-hydrogen) atoms. The quantitative estimate of drug-likeness (QED) is 0.518. The molecule has 1 saturated carbocycles. The van der Waals surface area contributed by atoms with E-state index in [1.807, 2.05) is 35.9 Å². The van der Waals surface area contributed by atoms with Crippen molar-refractivity contribution in [2.24, 2.45) is 7.05 Å². The van der Waals surface area contributed by atoms with E-state index in [-0.39, 0.29) is 29.2 Å². The molecule has 5 rings (SSSR count). The van der Waals surface area contributed by atoms with Crippen molar-refractivity contribution in [3.05, 3.63) is 59.3 Å². The molecule has 0 saturated heterocycles. The van der Waals surface area contributed by atoms with E-state index in [9.17, 15) is 18.3 Å². The summed E-state index contributed by atoms with van der Waals surface area (Å²) in [5, 5.41) is 14.1. The Bertz CT molecular complexity index is 1320. The zero-order chi connectivity index (χ0) is 22.8. The second kappa shape index (κ2) is 7.09. The predicted octanol–water partition coefficient (Wildman–Crippen LogP) is 3.60. The molecule has 3 aromatic heterocycles. The Balaban J connectivity index is 1.58. The van der Waals surface area contributed by atoms with Crippen molar-refractivity contribution in [3.63, 3.8) is 0 Å².